The fraction of sp³-hybridized carbons (Fsp3) is 0.136. The monoisotopic (exact) mass is 422 g/mol. The maximum absolute atomic E-state index is 13.3. The van der Waals surface area contributed by atoms with Gasteiger partial charge < -0.3 is 0 Å². The lowest BCUT2D eigenvalue weighted by Gasteiger charge is -2.24. The van der Waals surface area contributed by atoms with E-state index in [9.17, 15) is 13.2 Å². The van der Waals surface area contributed by atoms with Gasteiger partial charge in [-0.2, -0.15) is 5.10 Å². The number of sulfonamides is 1. The van der Waals surface area contributed by atoms with Gasteiger partial charge in [-0.1, -0.05) is 30.3 Å². The molecule has 1 N–H and O–H groups in total. The van der Waals surface area contributed by atoms with E-state index in [1.807, 2.05) is 19.9 Å². The number of carbonyl (C=O) groups is 1. The van der Waals surface area contributed by atoms with Crippen LogP contribution >= 0.6 is 0 Å². The first-order chi connectivity index (χ1) is 14.4. The Balaban J connectivity index is 1.88. The number of rotatable bonds is 7. The zero-order valence-corrected chi connectivity index (χ0v) is 17.5. The molecular formula is C22H22N4O3S. The lowest BCUT2D eigenvalue weighted by molar-refractivity contribution is -0.119. The highest BCUT2D eigenvalue weighted by Crippen LogP contribution is 2.25. The van der Waals surface area contributed by atoms with Crippen LogP contribution in [-0.4, -0.2) is 32.1 Å². The highest BCUT2D eigenvalue weighted by atomic mass is 32.2. The Morgan fingerprint density at radius 3 is 2.33 bits per heavy atom. The predicted octanol–water partition coefficient (Wildman–Crippen LogP) is 3.04. The van der Waals surface area contributed by atoms with Crippen molar-refractivity contribution < 1.29 is 13.2 Å². The van der Waals surface area contributed by atoms with Gasteiger partial charge >= 0.3 is 0 Å². The Kier molecular flexibility index (Phi) is 6.58. The molecule has 3 aromatic rings. The van der Waals surface area contributed by atoms with E-state index in [4.69, 9.17) is 0 Å². The summed E-state index contributed by atoms with van der Waals surface area (Å²) in [4.78, 5) is 16.7. The molecular weight excluding hydrogens is 400 g/mol. The minimum Gasteiger partial charge on any atom is -0.271 e. The van der Waals surface area contributed by atoms with Crippen molar-refractivity contribution in [1.82, 2.24) is 10.4 Å². The van der Waals surface area contributed by atoms with Gasteiger partial charge in [0.05, 0.1) is 22.5 Å². The molecule has 0 fully saturated rings. The van der Waals surface area contributed by atoms with E-state index in [1.54, 1.807) is 54.7 Å². The Morgan fingerprint density at radius 2 is 1.70 bits per heavy atom. The zero-order valence-electron chi connectivity index (χ0n) is 16.7. The zero-order chi connectivity index (χ0) is 21.6. The number of aryl methyl sites for hydroxylation is 2. The minimum absolute atomic E-state index is 0.106. The number of benzene rings is 2. The average Bonchev–Trinajstić information content (AvgIpc) is 2.72. The van der Waals surface area contributed by atoms with E-state index >= 15 is 0 Å². The van der Waals surface area contributed by atoms with E-state index in [0.29, 0.717) is 11.4 Å². The molecule has 0 unspecified atom stereocenters. The largest absolute Gasteiger partial charge is 0.271 e. The van der Waals surface area contributed by atoms with Gasteiger partial charge in [0.15, 0.2) is 0 Å². The molecule has 1 heterocycles. The highest BCUT2D eigenvalue weighted by molar-refractivity contribution is 7.92. The predicted molar refractivity (Wildman–Crippen MR) is 117 cm³/mol. The Labute approximate surface area is 176 Å². The number of hydrogen-bond acceptors (Lipinski definition) is 5. The Bertz CT molecular complexity index is 1130. The highest BCUT2D eigenvalue weighted by Gasteiger charge is 2.27. The van der Waals surface area contributed by atoms with Gasteiger partial charge in [-0.15, -0.1) is 0 Å². The molecule has 0 spiro atoms. The van der Waals surface area contributed by atoms with Crippen molar-refractivity contribution in [2.75, 3.05) is 10.8 Å². The van der Waals surface area contributed by atoms with Crippen LogP contribution in [0, 0.1) is 13.8 Å². The Morgan fingerprint density at radius 1 is 1.03 bits per heavy atom. The summed E-state index contributed by atoms with van der Waals surface area (Å²) < 4.78 is 27.7. The number of carbonyl (C=O) groups excluding carboxylic acids is 1. The third-order valence-corrected chi connectivity index (χ3v) is 5.97. The molecule has 3 rings (SSSR count). The van der Waals surface area contributed by atoms with Gasteiger partial charge in [0.25, 0.3) is 15.9 Å². The second kappa shape index (κ2) is 9.32. The second-order valence-electron chi connectivity index (χ2n) is 6.72. The molecule has 7 nitrogen and oxygen atoms in total. The number of pyridine rings is 1. The summed E-state index contributed by atoms with van der Waals surface area (Å²) in [5.74, 6) is -0.569. The molecule has 8 heteroatoms. The molecule has 0 radical (unpaired) electrons. The van der Waals surface area contributed by atoms with E-state index in [-0.39, 0.29) is 4.90 Å². The molecule has 30 heavy (non-hydrogen) atoms. The molecule has 2 aromatic carbocycles. The van der Waals surface area contributed by atoms with Crippen LogP contribution in [-0.2, 0) is 14.8 Å². The number of aromatic nitrogens is 1. The topological polar surface area (TPSA) is 91.7 Å². The van der Waals surface area contributed by atoms with E-state index < -0.39 is 22.5 Å². The van der Waals surface area contributed by atoms with Crippen LogP contribution in [0.15, 0.2) is 82.9 Å². The van der Waals surface area contributed by atoms with Gasteiger partial charge in [-0.3, -0.25) is 14.1 Å². The van der Waals surface area contributed by atoms with Crippen molar-refractivity contribution in [2.45, 2.75) is 18.7 Å². The van der Waals surface area contributed by atoms with Crippen LogP contribution in [0.4, 0.5) is 5.69 Å². The quantitative estimate of drug-likeness (QED) is 0.468. The average molecular weight is 423 g/mol. The molecule has 0 bridgehead atoms. The summed E-state index contributed by atoms with van der Waals surface area (Å²) in [5.41, 5.74) is 5.15. The molecule has 0 saturated carbocycles. The van der Waals surface area contributed by atoms with Crippen LogP contribution in [0.25, 0.3) is 0 Å². The SMILES string of the molecule is Cc1cc(C)cc(N(CC(=O)N/N=C\c2ccccn2)S(=O)(=O)c2ccccc2)c1. The van der Waals surface area contributed by atoms with Crippen molar-refractivity contribution in [1.29, 1.82) is 0 Å². The first-order valence-corrected chi connectivity index (χ1v) is 10.7. The summed E-state index contributed by atoms with van der Waals surface area (Å²) in [6, 6.07) is 18.7. The minimum atomic E-state index is -3.95. The number of nitrogens with one attached hydrogen (secondary N) is 1. The molecule has 0 saturated heterocycles. The summed E-state index contributed by atoms with van der Waals surface area (Å²) >= 11 is 0. The van der Waals surface area contributed by atoms with Gasteiger partial charge in [0, 0.05) is 6.20 Å². The normalized spacial score (nSPS) is 11.4. The first kappa shape index (κ1) is 21.2. The molecule has 1 aromatic heterocycles. The van der Waals surface area contributed by atoms with Gasteiger partial charge in [-0.05, 0) is 61.4 Å². The lowest BCUT2D eigenvalue weighted by atomic mass is 10.1. The summed E-state index contributed by atoms with van der Waals surface area (Å²) in [6.07, 6.45) is 3.00. The third kappa shape index (κ3) is 5.30. The summed E-state index contributed by atoms with van der Waals surface area (Å²) in [7, 11) is -3.95. The van der Waals surface area contributed by atoms with Crippen molar-refractivity contribution in [2.24, 2.45) is 5.10 Å². The van der Waals surface area contributed by atoms with Crippen molar-refractivity contribution in [3.8, 4) is 0 Å². The van der Waals surface area contributed by atoms with Gasteiger partial charge in [0.2, 0.25) is 0 Å². The summed E-state index contributed by atoms with van der Waals surface area (Å²) in [5, 5.41) is 3.87. The van der Waals surface area contributed by atoms with Crippen LogP contribution < -0.4 is 9.73 Å². The van der Waals surface area contributed by atoms with Crippen LogP contribution in [0.1, 0.15) is 16.8 Å². The first-order valence-electron chi connectivity index (χ1n) is 9.25. The standard InChI is InChI=1S/C22H22N4O3S/c1-17-12-18(2)14-20(13-17)26(30(28,29)21-9-4-3-5-10-21)16-22(27)25-24-15-19-8-6-7-11-23-19/h3-15H,16H2,1-2H3,(H,25,27)/b24-15-. The van der Waals surface area contributed by atoms with Crippen LogP contribution in [0.3, 0.4) is 0 Å². The molecule has 0 aliphatic rings. The maximum atomic E-state index is 13.3. The maximum Gasteiger partial charge on any atom is 0.264 e. The smallest absolute Gasteiger partial charge is 0.264 e. The third-order valence-electron chi connectivity index (χ3n) is 4.19. The van der Waals surface area contributed by atoms with Crippen molar-refractivity contribution in [3.63, 3.8) is 0 Å². The molecule has 0 aliphatic heterocycles. The summed E-state index contributed by atoms with van der Waals surface area (Å²) in [6.45, 7) is 3.34. The van der Waals surface area contributed by atoms with Crippen molar-refractivity contribution >= 4 is 27.8 Å². The molecule has 154 valence electrons. The van der Waals surface area contributed by atoms with Crippen LogP contribution in [0.2, 0.25) is 0 Å². The number of hydrazone groups is 1. The fourth-order valence-corrected chi connectivity index (χ4v) is 4.34. The van der Waals surface area contributed by atoms with Crippen molar-refractivity contribution in [3.05, 3.63) is 89.7 Å². The van der Waals surface area contributed by atoms with Crippen LogP contribution in [0.5, 0.6) is 0 Å². The molecule has 1 amide bonds. The van der Waals surface area contributed by atoms with E-state index in [0.717, 1.165) is 15.4 Å². The van der Waals surface area contributed by atoms with E-state index in [2.05, 4.69) is 15.5 Å². The number of nitrogens with zero attached hydrogens (tertiary/aromatic N) is 3. The number of amides is 1. The molecule has 0 aliphatic carbocycles. The van der Waals surface area contributed by atoms with Gasteiger partial charge in [0.1, 0.15) is 6.54 Å². The second-order valence-corrected chi connectivity index (χ2v) is 8.58. The molecule has 0 atom stereocenters. The fourth-order valence-electron chi connectivity index (χ4n) is 2.92. The van der Waals surface area contributed by atoms with E-state index in [1.165, 1.54) is 18.3 Å². The number of hydrogen-bond donors (Lipinski definition) is 1. The number of anilines is 1. The van der Waals surface area contributed by atoms with Gasteiger partial charge in [-0.25, -0.2) is 13.8 Å². The Hall–Kier alpha value is -3.52. The lowest BCUT2D eigenvalue weighted by Crippen LogP contribution is -2.39.